The molecule has 0 aromatic heterocycles. The third kappa shape index (κ3) is 5.70. The number of rotatable bonds is 3. The average Bonchev–Trinajstić information content (AvgIpc) is 2.03. The number of nitrogens with one attached hydrogen (secondary N) is 1. The van der Waals surface area contributed by atoms with Crippen LogP contribution in [0.1, 0.15) is 6.42 Å². The topological polar surface area (TPSA) is 68.4 Å². The van der Waals surface area contributed by atoms with Crippen LogP contribution in [0, 0.1) is 11.5 Å². The third-order valence-electron chi connectivity index (χ3n) is 0.928. The number of aliphatic hydroxyl groups is 1. The molecule has 0 aliphatic carbocycles. The summed E-state index contributed by atoms with van der Waals surface area (Å²) in [6, 6.07) is 0. The minimum absolute atomic E-state index is 0.137. The minimum Gasteiger partial charge on any atom is -0.396 e. The van der Waals surface area contributed by atoms with E-state index in [1.54, 1.807) is 6.19 Å². The number of nitrogens with zero attached hydrogens (tertiary/aromatic N) is 2. The van der Waals surface area contributed by atoms with Crippen LogP contribution in [-0.4, -0.2) is 29.7 Å². The first-order valence-electron chi connectivity index (χ1n) is 3.19. The molecule has 0 saturated carbocycles. The van der Waals surface area contributed by atoms with Gasteiger partial charge in [-0.25, -0.2) is 0 Å². The first-order valence-corrected chi connectivity index (χ1v) is 4.42. The van der Waals surface area contributed by atoms with Gasteiger partial charge in [0.05, 0.1) is 0 Å². The molecule has 0 heterocycles. The van der Waals surface area contributed by atoms with Gasteiger partial charge >= 0.3 is 0 Å². The molecule has 0 rings (SSSR count). The van der Waals surface area contributed by atoms with E-state index >= 15 is 0 Å². The van der Waals surface area contributed by atoms with Crippen molar-refractivity contribution < 1.29 is 5.11 Å². The fraction of sp³-hybridized carbons (Fsp3) is 0.667. The molecule has 0 unspecified atom stereocenters. The molecule has 0 atom stereocenters. The van der Waals surface area contributed by atoms with E-state index in [9.17, 15) is 0 Å². The zero-order chi connectivity index (χ0) is 8.53. The standard InChI is InChI=1S/C6H11N3OS/c1-11-6(9-5-7)8-3-2-4-10/h10H,2-4H2,1H3,(H,8,9). The first kappa shape index (κ1) is 10.3. The first-order chi connectivity index (χ1) is 5.35. The van der Waals surface area contributed by atoms with Crippen molar-refractivity contribution in [1.29, 1.82) is 5.26 Å². The van der Waals surface area contributed by atoms with Gasteiger partial charge in [-0.2, -0.15) is 5.26 Å². The van der Waals surface area contributed by atoms with Crippen LogP contribution in [0.3, 0.4) is 0 Å². The summed E-state index contributed by atoms with van der Waals surface area (Å²) in [6.07, 6.45) is 4.25. The predicted octanol–water partition coefficient (Wildman–Crippen LogP) is 0.158. The number of nitriles is 1. The van der Waals surface area contributed by atoms with Crippen LogP contribution in [0.25, 0.3) is 0 Å². The molecule has 4 nitrogen and oxygen atoms in total. The van der Waals surface area contributed by atoms with Crippen molar-refractivity contribution in [2.75, 3.05) is 19.4 Å². The predicted molar refractivity (Wildman–Crippen MR) is 46.3 cm³/mol. The van der Waals surface area contributed by atoms with Gasteiger partial charge < -0.3 is 5.11 Å². The number of thioether (sulfide) groups is 1. The number of aliphatic imine (C=N–C) groups is 1. The summed E-state index contributed by atoms with van der Waals surface area (Å²) in [5.41, 5.74) is 0. The van der Waals surface area contributed by atoms with Crippen LogP contribution < -0.4 is 5.32 Å². The summed E-state index contributed by atoms with van der Waals surface area (Å²) >= 11 is 1.38. The van der Waals surface area contributed by atoms with E-state index in [0.717, 1.165) is 0 Å². The number of amidine groups is 1. The Morgan fingerprint density at radius 3 is 3.00 bits per heavy atom. The number of aliphatic hydroxyl groups excluding tert-OH is 1. The van der Waals surface area contributed by atoms with Gasteiger partial charge in [0.2, 0.25) is 0 Å². The van der Waals surface area contributed by atoms with E-state index in [1.807, 2.05) is 6.26 Å². The highest BCUT2D eigenvalue weighted by molar-refractivity contribution is 8.13. The smallest absolute Gasteiger partial charge is 0.183 e. The Morgan fingerprint density at radius 1 is 1.82 bits per heavy atom. The largest absolute Gasteiger partial charge is 0.396 e. The normalized spacial score (nSPS) is 10.8. The fourth-order valence-corrected chi connectivity index (χ4v) is 0.822. The maximum absolute atomic E-state index is 8.42. The van der Waals surface area contributed by atoms with Crippen molar-refractivity contribution in [3.8, 4) is 6.19 Å². The zero-order valence-electron chi connectivity index (χ0n) is 6.37. The van der Waals surface area contributed by atoms with Gasteiger partial charge in [-0.1, -0.05) is 11.8 Å². The zero-order valence-corrected chi connectivity index (χ0v) is 7.19. The SMILES string of the molecule is CSC(=NCCCO)NC#N. The Kier molecular flexibility index (Phi) is 6.89. The Labute approximate surface area is 70.3 Å². The Bertz CT molecular complexity index is 164. The molecule has 0 aromatic rings. The molecular weight excluding hydrogens is 162 g/mol. The molecule has 0 spiro atoms. The van der Waals surface area contributed by atoms with E-state index in [4.69, 9.17) is 10.4 Å². The molecule has 0 aromatic carbocycles. The summed E-state index contributed by atoms with van der Waals surface area (Å²) in [7, 11) is 0. The van der Waals surface area contributed by atoms with E-state index in [-0.39, 0.29) is 6.61 Å². The molecule has 0 aliphatic rings. The van der Waals surface area contributed by atoms with Crippen molar-refractivity contribution in [2.24, 2.45) is 4.99 Å². The lowest BCUT2D eigenvalue weighted by Crippen LogP contribution is -2.13. The summed E-state index contributed by atoms with van der Waals surface area (Å²) in [5, 5.41) is 19.7. The van der Waals surface area contributed by atoms with Crippen molar-refractivity contribution in [3.05, 3.63) is 0 Å². The minimum atomic E-state index is 0.137. The molecule has 62 valence electrons. The molecular formula is C6H11N3OS. The molecule has 0 aliphatic heterocycles. The van der Waals surface area contributed by atoms with Gasteiger partial charge in [-0.15, -0.1) is 0 Å². The lowest BCUT2D eigenvalue weighted by molar-refractivity contribution is 0.291. The van der Waals surface area contributed by atoms with E-state index in [2.05, 4.69) is 10.3 Å². The second kappa shape index (κ2) is 7.38. The van der Waals surface area contributed by atoms with Crippen LogP contribution >= 0.6 is 11.8 Å². The van der Waals surface area contributed by atoms with E-state index < -0.39 is 0 Å². The van der Waals surface area contributed by atoms with Crippen LogP contribution in [0.5, 0.6) is 0 Å². The highest BCUT2D eigenvalue weighted by Gasteiger charge is 1.91. The molecule has 5 heteroatoms. The Hall–Kier alpha value is -0.730. The quantitative estimate of drug-likeness (QED) is 0.210. The summed E-state index contributed by atoms with van der Waals surface area (Å²) in [4.78, 5) is 4.01. The van der Waals surface area contributed by atoms with Gasteiger partial charge in [-0.05, 0) is 12.7 Å². The third-order valence-corrected chi connectivity index (χ3v) is 1.55. The van der Waals surface area contributed by atoms with Crippen molar-refractivity contribution in [1.82, 2.24) is 5.32 Å². The van der Waals surface area contributed by atoms with Crippen LogP contribution in [0.4, 0.5) is 0 Å². The maximum atomic E-state index is 8.42. The lowest BCUT2D eigenvalue weighted by atomic mass is 10.5. The van der Waals surface area contributed by atoms with Crippen LogP contribution in [0.15, 0.2) is 4.99 Å². The number of hydrogen-bond donors (Lipinski definition) is 2. The average molecular weight is 173 g/mol. The second-order valence-corrected chi connectivity index (χ2v) is 2.50. The maximum Gasteiger partial charge on any atom is 0.183 e. The van der Waals surface area contributed by atoms with Gasteiger partial charge in [0.15, 0.2) is 11.4 Å². The van der Waals surface area contributed by atoms with E-state index in [1.165, 1.54) is 11.8 Å². The van der Waals surface area contributed by atoms with Crippen molar-refractivity contribution in [2.45, 2.75) is 6.42 Å². The van der Waals surface area contributed by atoms with Crippen LogP contribution in [-0.2, 0) is 0 Å². The molecule has 0 bridgehead atoms. The second-order valence-electron chi connectivity index (χ2n) is 1.70. The van der Waals surface area contributed by atoms with Gasteiger partial charge in [0.25, 0.3) is 0 Å². The molecule has 11 heavy (non-hydrogen) atoms. The van der Waals surface area contributed by atoms with Gasteiger partial charge in [-0.3, -0.25) is 10.3 Å². The summed E-state index contributed by atoms with van der Waals surface area (Å²) < 4.78 is 0. The molecule has 0 saturated heterocycles. The molecule has 2 N–H and O–H groups in total. The van der Waals surface area contributed by atoms with Crippen molar-refractivity contribution >= 4 is 16.9 Å². The lowest BCUT2D eigenvalue weighted by Gasteiger charge is -1.97. The van der Waals surface area contributed by atoms with Gasteiger partial charge in [0, 0.05) is 13.2 Å². The Morgan fingerprint density at radius 2 is 2.55 bits per heavy atom. The fourth-order valence-electron chi connectivity index (χ4n) is 0.454. The van der Waals surface area contributed by atoms with E-state index in [0.29, 0.717) is 18.1 Å². The highest BCUT2D eigenvalue weighted by Crippen LogP contribution is 1.94. The van der Waals surface area contributed by atoms with Gasteiger partial charge in [0.1, 0.15) is 0 Å². The monoisotopic (exact) mass is 173 g/mol. The summed E-state index contributed by atoms with van der Waals surface area (Å²) in [6.45, 7) is 0.694. The molecule has 0 radical (unpaired) electrons. The summed E-state index contributed by atoms with van der Waals surface area (Å²) in [5.74, 6) is 0. The van der Waals surface area contributed by atoms with Crippen molar-refractivity contribution in [3.63, 3.8) is 0 Å². The highest BCUT2D eigenvalue weighted by atomic mass is 32.2. The molecule has 0 fully saturated rings. The molecule has 0 amide bonds. The van der Waals surface area contributed by atoms with Crippen LogP contribution in [0.2, 0.25) is 0 Å². The Balaban J connectivity index is 3.63. The number of hydrogen-bond acceptors (Lipinski definition) is 4.